The van der Waals surface area contributed by atoms with Gasteiger partial charge in [0, 0.05) is 11.5 Å². The van der Waals surface area contributed by atoms with E-state index in [4.69, 9.17) is 19.6 Å². The molecule has 7 nitrogen and oxygen atoms in total. The van der Waals surface area contributed by atoms with E-state index in [1.54, 1.807) is 6.07 Å². The Morgan fingerprint density at radius 2 is 1.96 bits per heavy atom. The lowest BCUT2D eigenvalue weighted by Crippen LogP contribution is -2.31. The van der Waals surface area contributed by atoms with Crippen molar-refractivity contribution in [2.24, 2.45) is 5.73 Å². The van der Waals surface area contributed by atoms with Crippen LogP contribution in [0.4, 0.5) is 0 Å². The molecule has 3 N–H and O–H groups in total. The fraction of sp³-hybridized carbons (Fsp3) is 0.200. The van der Waals surface area contributed by atoms with Gasteiger partial charge in [-0.15, -0.1) is 0 Å². The van der Waals surface area contributed by atoms with E-state index < -0.39 is 5.91 Å². The maximum Gasteiger partial charge on any atom is 0.258 e. The monoisotopic (exact) mass is 368 g/mol. The molecular formula is C20H20N2O5. The number of benzene rings is 2. The SMILES string of the molecule is COc1ccc(C(N)=O)c(OCC(=O)NC(C)c2cc3ccccc3o2)c1. The zero-order chi connectivity index (χ0) is 19.4. The van der Waals surface area contributed by atoms with E-state index in [1.807, 2.05) is 37.3 Å². The Bertz CT molecular complexity index is 946. The lowest BCUT2D eigenvalue weighted by Gasteiger charge is -2.14. The Morgan fingerprint density at radius 1 is 1.19 bits per heavy atom. The number of fused-ring (bicyclic) bond motifs is 1. The van der Waals surface area contributed by atoms with Crippen molar-refractivity contribution in [2.75, 3.05) is 13.7 Å². The molecule has 1 atom stereocenters. The van der Waals surface area contributed by atoms with Crippen molar-refractivity contribution >= 4 is 22.8 Å². The first kappa shape index (κ1) is 18.3. The van der Waals surface area contributed by atoms with Crippen LogP contribution in [0, 0.1) is 0 Å². The average molecular weight is 368 g/mol. The molecule has 0 aliphatic heterocycles. The van der Waals surface area contributed by atoms with Gasteiger partial charge in [0.1, 0.15) is 22.8 Å². The molecule has 1 unspecified atom stereocenters. The van der Waals surface area contributed by atoms with Crippen LogP contribution >= 0.6 is 0 Å². The maximum absolute atomic E-state index is 12.2. The lowest BCUT2D eigenvalue weighted by atomic mass is 10.2. The van der Waals surface area contributed by atoms with E-state index in [2.05, 4.69) is 5.32 Å². The normalized spacial score (nSPS) is 11.8. The third-order valence-electron chi connectivity index (χ3n) is 4.06. The van der Waals surface area contributed by atoms with E-state index >= 15 is 0 Å². The highest BCUT2D eigenvalue weighted by Crippen LogP contribution is 2.25. The Balaban J connectivity index is 1.65. The highest BCUT2D eigenvalue weighted by atomic mass is 16.5. The molecule has 140 valence electrons. The molecule has 3 aromatic rings. The van der Waals surface area contributed by atoms with Gasteiger partial charge in [0.2, 0.25) is 0 Å². The number of primary amides is 1. The Kier molecular flexibility index (Phi) is 5.30. The number of para-hydroxylation sites is 1. The van der Waals surface area contributed by atoms with Gasteiger partial charge in [-0.05, 0) is 31.2 Å². The Morgan fingerprint density at radius 3 is 2.67 bits per heavy atom. The van der Waals surface area contributed by atoms with Crippen LogP contribution in [0.5, 0.6) is 11.5 Å². The van der Waals surface area contributed by atoms with E-state index in [0.717, 1.165) is 11.0 Å². The quantitative estimate of drug-likeness (QED) is 0.667. The second-order valence-electron chi connectivity index (χ2n) is 5.99. The molecule has 0 radical (unpaired) electrons. The van der Waals surface area contributed by atoms with Gasteiger partial charge in [0.15, 0.2) is 6.61 Å². The second kappa shape index (κ2) is 7.82. The second-order valence-corrected chi connectivity index (χ2v) is 5.99. The number of hydrogen-bond acceptors (Lipinski definition) is 5. The van der Waals surface area contributed by atoms with Crippen molar-refractivity contribution in [2.45, 2.75) is 13.0 Å². The molecule has 0 fully saturated rings. The van der Waals surface area contributed by atoms with E-state index in [-0.39, 0.29) is 29.9 Å². The minimum atomic E-state index is -0.649. The highest BCUT2D eigenvalue weighted by molar-refractivity contribution is 5.96. The summed E-state index contributed by atoms with van der Waals surface area (Å²) in [5.74, 6) is 0.313. The molecule has 0 saturated heterocycles. The topological polar surface area (TPSA) is 104 Å². The predicted octanol–water partition coefficient (Wildman–Crippen LogP) is 2.80. The zero-order valence-corrected chi connectivity index (χ0v) is 15.0. The summed E-state index contributed by atoms with van der Waals surface area (Å²) in [6.07, 6.45) is 0. The van der Waals surface area contributed by atoms with Gasteiger partial charge in [0.25, 0.3) is 11.8 Å². The van der Waals surface area contributed by atoms with Crippen LogP contribution in [0.25, 0.3) is 11.0 Å². The van der Waals surface area contributed by atoms with Gasteiger partial charge >= 0.3 is 0 Å². The van der Waals surface area contributed by atoms with Gasteiger partial charge in [-0.25, -0.2) is 0 Å². The number of amides is 2. The molecule has 3 rings (SSSR count). The summed E-state index contributed by atoms with van der Waals surface area (Å²) in [4.78, 5) is 23.7. The summed E-state index contributed by atoms with van der Waals surface area (Å²) >= 11 is 0. The van der Waals surface area contributed by atoms with E-state index in [9.17, 15) is 9.59 Å². The minimum Gasteiger partial charge on any atom is -0.497 e. The lowest BCUT2D eigenvalue weighted by molar-refractivity contribution is -0.123. The van der Waals surface area contributed by atoms with E-state index in [0.29, 0.717) is 11.5 Å². The average Bonchev–Trinajstić information content (AvgIpc) is 3.10. The molecule has 0 aliphatic carbocycles. The summed E-state index contributed by atoms with van der Waals surface area (Å²) in [7, 11) is 1.49. The van der Waals surface area contributed by atoms with Crippen LogP contribution in [0.3, 0.4) is 0 Å². The zero-order valence-electron chi connectivity index (χ0n) is 15.0. The highest BCUT2D eigenvalue weighted by Gasteiger charge is 2.16. The number of nitrogens with two attached hydrogens (primary N) is 1. The first-order valence-corrected chi connectivity index (χ1v) is 8.36. The van der Waals surface area contributed by atoms with Crippen molar-refractivity contribution in [1.29, 1.82) is 0 Å². The molecule has 27 heavy (non-hydrogen) atoms. The van der Waals surface area contributed by atoms with Gasteiger partial charge < -0.3 is 24.9 Å². The summed E-state index contributed by atoms with van der Waals surface area (Å²) in [5, 5.41) is 3.76. The van der Waals surface area contributed by atoms with Crippen LogP contribution in [-0.4, -0.2) is 25.5 Å². The van der Waals surface area contributed by atoms with Crippen LogP contribution in [0.2, 0.25) is 0 Å². The number of furan rings is 1. The molecule has 0 bridgehead atoms. The fourth-order valence-electron chi connectivity index (χ4n) is 2.67. The van der Waals surface area contributed by atoms with Crippen LogP contribution in [0.1, 0.15) is 29.1 Å². The van der Waals surface area contributed by atoms with Crippen molar-refractivity contribution in [1.82, 2.24) is 5.32 Å². The van der Waals surface area contributed by atoms with Crippen molar-refractivity contribution in [3.8, 4) is 11.5 Å². The third kappa shape index (κ3) is 4.20. The molecule has 0 saturated carbocycles. The Labute approximate surface area is 156 Å². The van der Waals surface area contributed by atoms with Gasteiger partial charge in [-0.1, -0.05) is 18.2 Å². The summed E-state index contributed by atoms with van der Waals surface area (Å²) in [6, 6.07) is 13.8. The van der Waals surface area contributed by atoms with Crippen LogP contribution in [0.15, 0.2) is 52.9 Å². The molecule has 0 spiro atoms. The van der Waals surface area contributed by atoms with Crippen LogP contribution < -0.4 is 20.5 Å². The van der Waals surface area contributed by atoms with Crippen molar-refractivity contribution in [3.05, 3.63) is 59.9 Å². The summed E-state index contributed by atoms with van der Waals surface area (Å²) < 4.78 is 16.3. The molecule has 1 heterocycles. The predicted molar refractivity (Wildman–Crippen MR) is 99.8 cm³/mol. The number of hydrogen-bond donors (Lipinski definition) is 2. The van der Waals surface area contributed by atoms with Crippen LogP contribution in [-0.2, 0) is 4.79 Å². The fourth-order valence-corrected chi connectivity index (χ4v) is 2.67. The first-order valence-electron chi connectivity index (χ1n) is 8.36. The molecular weight excluding hydrogens is 348 g/mol. The largest absolute Gasteiger partial charge is 0.497 e. The van der Waals surface area contributed by atoms with Crippen molar-refractivity contribution in [3.63, 3.8) is 0 Å². The van der Waals surface area contributed by atoms with E-state index in [1.165, 1.54) is 19.2 Å². The number of ether oxygens (including phenoxy) is 2. The van der Waals surface area contributed by atoms with Gasteiger partial charge in [-0.3, -0.25) is 9.59 Å². The Hall–Kier alpha value is -3.48. The number of methoxy groups -OCH3 is 1. The molecule has 0 aliphatic rings. The number of carbonyl (C=O) groups is 2. The van der Waals surface area contributed by atoms with Gasteiger partial charge in [-0.2, -0.15) is 0 Å². The third-order valence-corrected chi connectivity index (χ3v) is 4.06. The molecule has 2 aromatic carbocycles. The first-order chi connectivity index (χ1) is 13.0. The number of carbonyl (C=O) groups excluding carboxylic acids is 2. The number of nitrogens with one attached hydrogen (secondary N) is 1. The summed E-state index contributed by atoms with van der Waals surface area (Å²) in [5.41, 5.74) is 6.27. The summed E-state index contributed by atoms with van der Waals surface area (Å²) in [6.45, 7) is 1.54. The number of rotatable bonds is 7. The van der Waals surface area contributed by atoms with Crippen molar-refractivity contribution < 1.29 is 23.5 Å². The standard InChI is InChI=1S/C20H20N2O5/c1-12(17-9-13-5-3-4-6-16(13)27-17)22-19(23)11-26-18-10-14(25-2)7-8-15(18)20(21)24/h3-10,12H,11H2,1-2H3,(H2,21,24)(H,22,23). The minimum absolute atomic E-state index is 0.175. The molecule has 1 aromatic heterocycles. The molecule has 2 amide bonds. The maximum atomic E-state index is 12.2. The smallest absolute Gasteiger partial charge is 0.258 e. The molecule has 7 heteroatoms. The van der Waals surface area contributed by atoms with Gasteiger partial charge in [0.05, 0.1) is 18.7 Å².